The molecule has 0 saturated heterocycles. The summed E-state index contributed by atoms with van der Waals surface area (Å²) in [5, 5.41) is 17.4. The number of halogens is 1. The summed E-state index contributed by atoms with van der Waals surface area (Å²) in [5.74, 6) is -1.24. The van der Waals surface area contributed by atoms with Crippen LogP contribution >= 0.6 is 0 Å². The topological polar surface area (TPSA) is 136 Å². The summed E-state index contributed by atoms with van der Waals surface area (Å²) in [6.45, 7) is 3.30. The molecule has 0 spiro atoms. The summed E-state index contributed by atoms with van der Waals surface area (Å²) in [6, 6.07) is 9.28. The van der Waals surface area contributed by atoms with E-state index >= 15 is 0 Å². The minimum absolute atomic E-state index is 0.101. The van der Waals surface area contributed by atoms with Gasteiger partial charge in [0.15, 0.2) is 5.69 Å². The van der Waals surface area contributed by atoms with Crippen molar-refractivity contribution < 1.29 is 18.7 Å². The lowest BCUT2D eigenvalue weighted by Crippen LogP contribution is -2.40. The summed E-state index contributed by atoms with van der Waals surface area (Å²) in [5.41, 5.74) is 5.09. The molecule has 10 heteroatoms. The Bertz CT molecular complexity index is 1290. The van der Waals surface area contributed by atoms with Crippen molar-refractivity contribution in [2.24, 2.45) is 5.73 Å². The van der Waals surface area contributed by atoms with Crippen LogP contribution in [0.5, 0.6) is 5.88 Å². The van der Waals surface area contributed by atoms with E-state index in [2.05, 4.69) is 21.5 Å². The average Bonchev–Trinajstić information content (AvgIpc) is 3.20. The highest BCUT2D eigenvalue weighted by molar-refractivity contribution is 6.05. The quantitative estimate of drug-likeness (QED) is 0.575. The number of amides is 2. The zero-order valence-electron chi connectivity index (χ0n) is 18.9. The van der Waals surface area contributed by atoms with Crippen LogP contribution in [0.25, 0.3) is 10.9 Å². The molecule has 9 nitrogen and oxygen atoms in total. The molecule has 1 saturated carbocycles. The van der Waals surface area contributed by atoms with Crippen molar-refractivity contribution in [3.63, 3.8) is 0 Å². The van der Waals surface area contributed by atoms with E-state index in [9.17, 15) is 19.2 Å². The van der Waals surface area contributed by atoms with Gasteiger partial charge in [-0.2, -0.15) is 10.4 Å². The number of fused-ring (bicyclic) bond motifs is 1. The molecule has 0 aliphatic heterocycles. The van der Waals surface area contributed by atoms with Crippen LogP contribution in [-0.2, 0) is 5.54 Å². The number of carbonyl (C=O) groups excluding carboxylic acids is 2. The highest BCUT2D eigenvalue weighted by Crippen LogP contribution is 2.28. The van der Waals surface area contributed by atoms with Crippen molar-refractivity contribution in [1.82, 2.24) is 20.1 Å². The van der Waals surface area contributed by atoms with Gasteiger partial charge >= 0.3 is 0 Å². The maximum atomic E-state index is 13.9. The first kappa shape index (κ1) is 23.2. The third-order valence-electron chi connectivity index (χ3n) is 5.99. The normalized spacial score (nSPS) is 18.3. The molecule has 2 amide bonds. The van der Waals surface area contributed by atoms with Crippen molar-refractivity contribution in [2.75, 3.05) is 0 Å². The molecule has 3 N–H and O–H groups in total. The molecule has 0 unspecified atom stereocenters. The third-order valence-corrected chi connectivity index (χ3v) is 5.99. The fraction of sp³-hybridized carbons (Fsp3) is 0.375. The van der Waals surface area contributed by atoms with Crippen LogP contribution in [0.2, 0.25) is 0 Å². The predicted octanol–water partition coefficient (Wildman–Crippen LogP) is 3.05. The lowest BCUT2D eigenvalue weighted by atomic mass is 9.92. The fourth-order valence-corrected chi connectivity index (χ4v) is 4.14. The standard InChI is InChI=1S/C24H25FN6O3/c1-24(2,13-26)31-19-12-14(25)5-10-17(19)20(30-31)22(33)29-15-6-8-16(9-7-15)34-23-18(21(27)32)4-3-11-28-23/h3-5,10-12,15-16H,6-9H2,1-2H3,(H2,27,32)(H,29,33). The molecule has 4 rings (SSSR count). The maximum Gasteiger partial charge on any atom is 0.272 e. The molecule has 0 radical (unpaired) electrons. The first-order valence-electron chi connectivity index (χ1n) is 11.0. The lowest BCUT2D eigenvalue weighted by Gasteiger charge is -2.29. The number of benzene rings is 1. The Labute approximate surface area is 195 Å². The number of carbonyl (C=O) groups is 2. The van der Waals surface area contributed by atoms with Crippen molar-refractivity contribution in [3.05, 3.63) is 53.6 Å². The van der Waals surface area contributed by atoms with Crippen molar-refractivity contribution in [3.8, 4) is 11.9 Å². The third kappa shape index (κ3) is 4.55. The van der Waals surface area contributed by atoms with Gasteiger partial charge in [0.05, 0.1) is 11.6 Å². The number of ether oxygens (including phenoxy) is 1. The van der Waals surface area contributed by atoms with Crippen LogP contribution in [0.15, 0.2) is 36.5 Å². The summed E-state index contributed by atoms with van der Waals surface area (Å²) in [4.78, 5) is 28.8. The molecular weight excluding hydrogens is 439 g/mol. The lowest BCUT2D eigenvalue weighted by molar-refractivity contribution is 0.0877. The number of nitriles is 1. The summed E-state index contributed by atoms with van der Waals surface area (Å²) >= 11 is 0. The highest BCUT2D eigenvalue weighted by atomic mass is 19.1. The molecule has 1 aliphatic rings. The van der Waals surface area contributed by atoms with E-state index in [0.29, 0.717) is 36.6 Å². The number of primary amides is 1. The number of hydrogen-bond acceptors (Lipinski definition) is 6. The molecule has 176 valence electrons. The second-order valence-corrected chi connectivity index (χ2v) is 8.88. The van der Waals surface area contributed by atoms with Gasteiger partial charge in [-0.15, -0.1) is 0 Å². The summed E-state index contributed by atoms with van der Waals surface area (Å²) < 4.78 is 21.2. The maximum absolute atomic E-state index is 13.9. The van der Waals surface area contributed by atoms with Gasteiger partial charge in [0.1, 0.15) is 23.0 Å². The Morgan fingerprint density at radius 2 is 2.00 bits per heavy atom. The number of aromatic nitrogens is 3. The molecule has 3 aromatic rings. The van der Waals surface area contributed by atoms with E-state index in [-0.39, 0.29) is 35.2 Å². The zero-order chi connectivity index (χ0) is 24.5. The van der Waals surface area contributed by atoms with Crippen LogP contribution in [0.1, 0.15) is 60.4 Å². The molecule has 1 aliphatic carbocycles. The molecule has 1 aromatic carbocycles. The van der Waals surface area contributed by atoms with Gasteiger partial charge < -0.3 is 15.8 Å². The molecule has 34 heavy (non-hydrogen) atoms. The van der Waals surface area contributed by atoms with E-state index < -0.39 is 17.3 Å². The number of hydrogen-bond donors (Lipinski definition) is 2. The molecule has 0 bridgehead atoms. The second-order valence-electron chi connectivity index (χ2n) is 8.88. The molecule has 1 fully saturated rings. The van der Waals surface area contributed by atoms with Gasteiger partial charge in [0, 0.05) is 17.6 Å². The van der Waals surface area contributed by atoms with E-state index in [1.807, 2.05) is 0 Å². The molecule has 2 aromatic heterocycles. The van der Waals surface area contributed by atoms with Crippen LogP contribution in [-0.4, -0.2) is 38.7 Å². The van der Waals surface area contributed by atoms with E-state index in [0.717, 1.165) is 0 Å². The second kappa shape index (κ2) is 9.09. The van der Waals surface area contributed by atoms with Gasteiger partial charge in [-0.1, -0.05) is 0 Å². The number of nitrogens with one attached hydrogen (secondary N) is 1. The Morgan fingerprint density at radius 1 is 1.26 bits per heavy atom. The van der Waals surface area contributed by atoms with Crippen molar-refractivity contribution in [2.45, 2.75) is 57.2 Å². The van der Waals surface area contributed by atoms with Gasteiger partial charge in [-0.25, -0.2) is 14.1 Å². The number of pyridine rings is 1. The van der Waals surface area contributed by atoms with E-state index in [1.54, 1.807) is 26.0 Å². The smallest absolute Gasteiger partial charge is 0.272 e. The number of rotatable bonds is 6. The van der Waals surface area contributed by atoms with Crippen LogP contribution in [0.4, 0.5) is 4.39 Å². The van der Waals surface area contributed by atoms with Crippen LogP contribution < -0.4 is 15.8 Å². The number of nitrogens with two attached hydrogens (primary N) is 1. The molecule has 0 atom stereocenters. The summed E-state index contributed by atoms with van der Waals surface area (Å²) in [6.07, 6.45) is 4.01. The minimum atomic E-state index is -1.06. The van der Waals surface area contributed by atoms with E-state index in [1.165, 1.54) is 29.1 Å². The predicted molar refractivity (Wildman–Crippen MR) is 122 cm³/mol. The Hall–Kier alpha value is -4.00. The van der Waals surface area contributed by atoms with Gasteiger partial charge in [0.25, 0.3) is 11.8 Å². The number of nitrogens with zero attached hydrogens (tertiary/aromatic N) is 4. The van der Waals surface area contributed by atoms with Gasteiger partial charge in [0.2, 0.25) is 5.88 Å². The first-order valence-corrected chi connectivity index (χ1v) is 11.0. The van der Waals surface area contributed by atoms with E-state index in [4.69, 9.17) is 10.5 Å². The molecule has 2 heterocycles. The van der Waals surface area contributed by atoms with Crippen molar-refractivity contribution in [1.29, 1.82) is 5.26 Å². The minimum Gasteiger partial charge on any atom is -0.474 e. The van der Waals surface area contributed by atoms with Gasteiger partial charge in [-0.05, 0) is 69.9 Å². The zero-order valence-corrected chi connectivity index (χ0v) is 18.9. The fourth-order valence-electron chi connectivity index (χ4n) is 4.14. The SMILES string of the molecule is CC(C)(C#N)n1nc(C(=O)NC2CCC(Oc3ncccc3C(N)=O)CC2)c2ccc(F)cc21. The summed E-state index contributed by atoms with van der Waals surface area (Å²) in [7, 11) is 0. The molecular formula is C24H25FN6O3. The first-order chi connectivity index (χ1) is 16.2. The van der Waals surface area contributed by atoms with Crippen LogP contribution in [0, 0.1) is 17.1 Å². The monoisotopic (exact) mass is 464 g/mol. The van der Waals surface area contributed by atoms with Gasteiger partial charge in [-0.3, -0.25) is 9.59 Å². The average molecular weight is 465 g/mol. The Morgan fingerprint density at radius 3 is 2.68 bits per heavy atom. The van der Waals surface area contributed by atoms with Crippen LogP contribution in [0.3, 0.4) is 0 Å². The Kier molecular flexibility index (Phi) is 6.20. The highest BCUT2D eigenvalue weighted by Gasteiger charge is 2.30. The Balaban J connectivity index is 1.45. The largest absolute Gasteiger partial charge is 0.474 e. The van der Waals surface area contributed by atoms with Crippen molar-refractivity contribution >= 4 is 22.7 Å².